The van der Waals surface area contributed by atoms with E-state index in [1.807, 2.05) is 0 Å². The molecule has 0 aromatic carbocycles. The summed E-state index contributed by atoms with van der Waals surface area (Å²) in [7, 11) is 0. The van der Waals surface area contributed by atoms with E-state index in [9.17, 15) is 14.4 Å². The van der Waals surface area contributed by atoms with Crippen molar-refractivity contribution in [3.05, 3.63) is 0 Å². The number of carbonyl (C=O) groups is 3. The summed E-state index contributed by atoms with van der Waals surface area (Å²) in [5.74, 6) is 0. The van der Waals surface area contributed by atoms with Gasteiger partial charge in [0.1, 0.15) is 0 Å². The summed E-state index contributed by atoms with van der Waals surface area (Å²) >= 11 is 0. The van der Waals surface area contributed by atoms with Gasteiger partial charge in [0.05, 0.1) is 0 Å². The van der Waals surface area contributed by atoms with E-state index in [-0.39, 0.29) is 187 Å². The molecule has 0 rings (SSSR count). The van der Waals surface area contributed by atoms with Crippen LogP contribution >= 0.6 is 0 Å². The number of rotatable bonds is 0. The van der Waals surface area contributed by atoms with Gasteiger partial charge in [-0.25, -0.2) is 14.4 Å². The number of carboxylic acid groups (broad SMARTS) is 2. The third-order valence-electron chi connectivity index (χ3n) is 0.341. The van der Waals surface area contributed by atoms with Gasteiger partial charge in [0.25, 0.3) is 0 Å². The molecule has 0 unspecified atom stereocenters. The van der Waals surface area contributed by atoms with Crippen LogP contribution in [0.5, 0.6) is 0 Å². The van der Waals surface area contributed by atoms with Gasteiger partial charge in [0.2, 0.25) is 0 Å². The Morgan fingerprint density at radius 3 is 1.21 bits per heavy atom. The van der Waals surface area contributed by atoms with Gasteiger partial charge in [-0.2, -0.15) is 0 Å². The molecule has 0 spiro atoms. The molecule has 2 N–H and O–H groups in total. The topological polar surface area (TPSA) is 110 Å². The summed E-state index contributed by atoms with van der Waals surface area (Å²) < 4.78 is 6.47. The van der Waals surface area contributed by atoms with E-state index in [2.05, 4.69) is 9.47 Å². The van der Waals surface area contributed by atoms with Crippen LogP contribution in [0.1, 0.15) is 8.56 Å². The first-order valence-corrected chi connectivity index (χ1v) is 1.88. The molecule has 0 bridgehead atoms. The van der Waals surface area contributed by atoms with Gasteiger partial charge in [0, 0.05) is 0 Å². The SMILES string of the molecule is O=C(O)OC(=O)OC(=O)O.[Ca+2].[Ca+2].[H-].[H-].[H-].[H-].[H-].[H-].[K+].[K+]. The number of ether oxygens (including phenoxy) is 2. The van der Waals surface area contributed by atoms with Crippen LogP contribution in [0.15, 0.2) is 0 Å². The minimum atomic E-state index is -1.92. The second-order valence-corrected chi connectivity index (χ2v) is 0.986. The fourth-order valence-electron chi connectivity index (χ4n) is 0.163. The summed E-state index contributed by atoms with van der Waals surface area (Å²) in [5, 5.41) is 15.4. The van der Waals surface area contributed by atoms with Gasteiger partial charge in [-0.15, -0.1) is 0 Å². The smallest absolute Gasteiger partial charge is 1.00 e. The Bertz CT molecular complexity index is 185. The zero-order chi connectivity index (χ0) is 8.15. The molecule has 0 fully saturated rings. The van der Waals surface area contributed by atoms with Gasteiger partial charge >= 0.3 is 197 Å². The third kappa shape index (κ3) is 25.0. The summed E-state index contributed by atoms with van der Waals surface area (Å²) in [5.41, 5.74) is 0. The molecule has 0 amide bonds. The summed E-state index contributed by atoms with van der Waals surface area (Å²) in [4.78, 5) is 28.8. The molecule has 0 aromatic heterocycles. The molecule has 0 aliphatic heterocycles. The van der Waals surface area contributed by atoms with E-state index in [1.165, 1.54) is 0 Å². The molecule has 0 atom stereocenters. The van der Waals surface area contributed by atoms with E-state index in [0.29, 0.717) is 0 Å². The molecule has 7 nitrogen and oxygen atoms in total. The third-order valence-corrected chi connectivity index (χ3v) is 0.341. The fourth-order valence-corrected chi connectivity index (χ4v) is 0.163. The maximum Gasteiger partial charge on any atom is 2.00 e. The zero-order valence-electron chi connectivity index (χ0n) is 13.8. The Kier molecular flexibility index (Phi) is 42.5. The molecule has 0 aliphatic rings. The Labute approximate surface area is 233 Å². The average molecular weight is 314 g/mol. The minimum absolute atomic E-state index is 0. The molecular weight excluding hydrogens is 306 g/mol. The van der Waals surface area contributed by atoms with Crippen molar-refractivity contribution >= 4 is 93.9 Å². The molecule has 0 saturated carbocycles. The number of hydrogen-bond donors (Lipinski definition) is 2. The Hall–Kier alpha value is 4.00. The van der Waals surface area contributed by atoms with E-state index in [1.54, 1.807) is 0 Å². The second kappa shape index (κ2) is 19.3. The molecule has 68 valence electrons. The van der Waals surface area contributed by atoms with Crippen molar-refractivity contribution in [2.24, 2.45) is 0 Å². The monoisotopic (exact) mass is 314 g/mol. The van der Waals surface area contributed by atoms with Crippen molar-refractivity contribution in [1.29, 1.82) is 0 Å². The molecule has 0 aliphatic carbocycles. The van der Waals surface area contributed by atoms with Crippen molar-refractivity contribution in [2.75, 3.05) is 0 Å². The molecule has 11 heteroatoms. The maximum absolute atomic E-state index is 9.86. The largest absolute Gasteiger partial charge is 2.00 e. The average Bonchev–Trinajstić information content (AvgIpc) is 1.58. The molecule has 0 heterocycles. The van der Waals surface area contributed by atoms with Gasteiger partial charge in [-0.05, 0) is 0 Å². The van der Waals surface area contributed by atoms with Gasteiger partial charge in [-0.3, -0.25) is 0 Å². The fraction of sp³-hybridized carbons (Fsp3) is 0. The van der Waals surface area contributed by atoms with E-state index < -0.39 is 18.5 Å². The summed E-state index contributed by atoms with van der Waals surface area (Å²) in [6.45, 7) is 0. The Balaban J connectivity index is -0.00000000900. The van der Waals surface area contributed by atoms with Crippen LogP contribution in [0.3, 0.4) is 0 Å². The van der Waals surface area contributed by atoms with Gasteiger partial charge in [-0.1, -0.05) is 0 Å². The zero-order valence-corrected chi connectivity index (χ0v) is 18.5. The number of carbonyl (C=O) groups excluding carboxylic acids is 1. The normalized spacial score (nSPS) is 5.71. The molecule has 0 saturated heterocycles. The predicted octanol–water partition coefficient (Wildman–Crippen LogP) is -5.58. The van der Waals surface area contributed by atoms with Gasteiger partial charge < -0.3 is 28.2 Å². The van der Waals surface area contributed by atoms with Crippen LogP contribution in [0.4, 0.5) is 14.4 Å². The minimum Gasteiger partial charge on any atom is -1.00 e. The van der Waals surface area contributed by atoms with Crippen LogP contribution in [0, 0.1) is 0 Å². The van der Waals surface area contributed by atoms with Crippen molar-refractivity contribution in [3.8, 4) is 0 Å². The predicted molar refractivity (Wildman–Crippen MR) is 41.8 cm³/mol. The summed E-state index contributed by atoms with van der Waals surface area (Å²) in [6, 6.07) is 0. The second-order valence-electron chi connectivity index (χ2n) is 0.986. The van der Waals surface area contributed by atoms with Crippen molar-refractivity contribution < 1.29 is 145 Å². The summed E-state index contributed by atoms with van der Waals surface area (Å²) in [6.07, 6.45) is -5.64. The standard InChI is InChI=1S/C3H2O7.2Ca.2K.6H/c4-1(5)9-3(8)10-2(6)7;;;;;;;;;;/h(H,4,5)(H,6,7);;;;;;;;;;/q;2*+2;2*+1;6*-1. The number of hydrogen-bond acceptors (Lipinski definition) is 5. The molecule has 14 heavy (non-hydrogen) atoms. The Morgan fingerprint density at radius 1 is 0.857 bits per heavy atom. The van der Waals surface area contributed by atoms with E-state index in [4.69, 9.17) is 10.2 Å². The van der Waals surface area contributed by atoms with E-state index in [0.717, 1.165) is 0 Å². The first kappa shape index (κ1) is 30.8. The van der Waals surface area contributed by atoms with Gasteiger partial charge in [0.15, 0.2) is 0 Å². The molecule has 0 radical (unpaired) electrons. The van der Waals surface area contributed by atoms with Crippen LogP contribution in [0.25, 0.3) is 0 Å². The van der Waals surface area contributed by atoms with Crippen LogP contribution in [-0.4, -0.2) is 104 Å². The van der Waals surface area contributed by atoms with Crippen molar-refractivity contribution in [2.45, 2.75) is 0 Å². The van der Waals surface area contributed by atoms with Crippen molar-refractivity contribution in [3.63, 3.8) is 0 Å². The first-order valence-electron chi connectivity index (χ1n) is 1.88. The molecular formula is C3H8Ca2K2O7. The Morgan fingerprint density at radius 2 is 1.07 bits per heavy atom. The first-order chi connectivity index (χ1) is 4.52. The van der Waals surface area contributed by atoms with Crippen LogP contribution in [-0.2, 0) is 9.47 Å². The maximum atomic E-state index is 9.86. The van der Waals surface area contributed by atoms with Crippen LogP contribution < -0.4 is 103 Å². The van der Waals surface area contributed by atoms with E-state index >= 15 is 0 Å². The quantitative estimate of drug-likeness (QED) is 0.261. The molecule has 0 aromatic rings. The van der Waals surface area contributed by atoms with Crippen LogP contribution in [0.2, 0.25) is 0 Å². The van der Waals surface area contributed by atoms with Crippen molar-refractivity contribution in [1.82, 2.24) is 0 Å².